The highest BCUT2D eigenvalue weighted by molar-refractivity contribution is 6.34. The van der Waals surface area contributed by atoms with Gasteiger partial charge >= 0.3 is 0 Å². The average molecular weight is 397 g/mol. The van der Waals surface area contributed by atoms with Crippen LogP contribution in [0, 0.1) is 11.8 Å². The highest BCUT2D eigenvalue weighted by Crippen LogP contribution is 2.36. The number of hydrogen-bond donors (Lipinski definition) is 1. The summed E-state index contributed by atoms with van der Waals surface area (Å²) in [6.07, 6.45) is 6.24. The van der Waals surface area contributed by atoms with E-state index in [0.717, 1.165) is 25.4 Å². The molecule has 28 heavy (non-hydrogen) atoms. The molecular formula is C23H25ClN2O2. The number of nitrogens with zero attached hydrogens (tertiary/aromatic N) is 1. The van der Waals surface area contributed by atoms with Crippen LogP contribution in [-0.2, 0) is 0 Å². The number of amides is 2. The van der Waals surface area contributed by atoms with Crippen molar-refractivity contribution < 1.29 is 9.59 Å². The topological polar surface area (TPSA) is 49.4 Å². The molecule has 2 atom stereocenters. The van der Waals surface area contributed by atoms with Crippen molar-refractivity contribution >= 4 is 29.1 Å². The number of nitrogens with one attached hydrogen (secondary N) is 1. The number of likely N-dealkylation sites (tertiary alicyclic amines) is 1. The summed E-state index contributed by atoms with van der Waals surface area (Å²) >= 11 is 6.41. The Kier molecular flexibility index (Phi) is 5.67. The second-order valence-corrected chi connectivity index (χ2v) is 8.27. The van der Waals surface area contributed by atoms with E-state index in [1.54, 1.807) is 30.3 Å². The van der Waals surface area contributed by atoms with Crippen LogP contribution in [0.15, 0.2) is 48.5 Å². The van der Waals surface area contributed by atoms with Gasteiger partial charge in [-0.3, -0.25) is 9.59 Å². The van der Waals surface area contributed by atoms with Gasteiger partial charge in [-0.2, -0.15) is 0 Å². The van der Waals surface area contributed by atoms with E-state index in [1.807, 2.05) is 23.1 Å². The van der Waals surface area contributed by atoms with Crippen molar-refractivity contribution in [3.8, 4) is 0 Å². The summed E-state index contributed by atoms with van der Waals surface area (Å²) in [6.45, 7) is 1.65. The normalized spacial score (nSPS) is 21.7. The van der Waals surface area contributed by atoms with E-state index in [0.29, 0.717) is 27.8 Å². The number of carbonyl (C=O) groups is 2. The minimum Gasteiger partial charge on any atom is -0.338 e. The minimum atomic E-state index is -0.199. The van der Waals surface area contributed by atoms with Gasteiger partial charge in [0.05, 0.1) is 10.6 Å². The van der Waals surface area contributed by atoms with Gasteiger partial charge in [0.15, 0.2) is 0 Å². The van der Waals surface area contributed by atoms with Crippen molar-refractivity contribution in [1.82, 2.24) is 4.90 Å². The molecule has 0 unspecified atom stereocenters. The molecule has 146 valence electrons. The Balaban J connectivity index is 1.44. The fourth-order valence-corrected chi connectivity index (χ4v) is 4.78. The number of hydrogen-bond acceptors (Lipinski definition) is 2. The van der Waals surface area contributed by atoms with Gasteiger partial charge in [-0.25, -0.2) is 0 Å². The molecule has 2 amide bonds. The zero-order valence-electron chi connectivity index (χ0n) is 15.9. The number of benzene rings is 2. The Hall–Kier alpha value is -2.33. The van der Waals surface area contributed by atoms with E-state index in [4.69, 9.17) is 11.6 Å². The quantitative estimate of drug-likeness (QED) is 0.770. The third-order valence-electron chi connectivity index (χ3n) is 6.07. The standard InChI is InChI=1S/C23H25ClN2O2/c24-21-14-19(25-22(27)17-7-2-1-3-8-17)10-11-20(21)23(28)26-13-12-16-6-4-5-9-18(16)15-26/h1-3,7-8,10-11,14,16,18H,4-6,9,12-13,15H2,(H,25,27)/t16-,18+/m0/s1. The summed E-state index contributed by atoms with van der Waals surface area (Å²) in [5.74, 6) is 1.21. The van der Waals surface area contributed by atoms with E-state index in [2.05, 4.69) is 5.32 Å². The molecular weight excluding hydrogens is 372 g/mol. The summed E-state index contributed by atoms with van der Waals surface area (Å²) in [4.78, 5) is 27.3. The van der Waals surface area contributed by atoms with Crippen molar-refractivity contribution in [2.45, 2.75) is 32.1 Å². The monoisotopic (exact) mass is 396 g/mol. The van der Waals surface area contributed by atoms with E-state index >= 15 is 0 Å². The van der Waals surface area contributed by atoms with Gasteiger partial charge in [0.25, 0.3) is 11.8 Å². The third kappa shape index (κ3) is 4.07. The van der Waals surface area contributed by atoms with Crippen molar-refractivity contribution in [1.29, 1.82) is 0 Å². The van der Waals surface area contributed by atoms with Gasteiger partial charge in [0.1, 0.15) is 0 Å². The lowest BCUT2D eigenvalue weighted by atomic mass is 9.75. The van der Waals surface area contributed by atoms with Gasteiger partial charge in [0, 0.05) is 24.3 Å². The fourth-order valence-electron chi connectivity index (χ4n) is 4.51. The minimum absolute atomic E-state index is 0.00467. The molecule has 0 spiro atoms. The zero-order valence-corrected chi connectivity index (χ0v) is 16.6. The molecule has 4 rings (SSSR count). The molecule has 1 aliphatic carbocycles. The van der Waals surface area contributed by atoms with E-state index in [1.165, 1.54) is 25.7 Å². The predicted molar refractivity (Wildman–Crippen MR) is 112 cm³/mol. The van der Waals surface area contributed by atoms with Gasteiger partial charge < -0.3 is 10.2 Å². The molecule has 0 bridgehead atoms. The Bertz CT molecular complexity index is 868. The van der Waals surface area contributed by atoms with Gasteiger partial charge in [-0.05, 0) is 55.0 Å². The number of fused-ring (bicyclic) bond motifs is 1. The first kappa shape index (κ1) is 19.0. The van der Waals surface area contributed by atoms with Crippen LogP contribution in [0.2, 0.25) is 5.02 Å². The van der Waals surface area contributed by atoms with E-state index < -0.39 is 0 Å². The molecule has 2 aromatic carbocycles. The maximum Gasteiger partial charge on any atom is 0.255 e. The van der Waals surface area contributed by atoms with Gasteiger partial charge in [-0.15, -0.1) is 0 Å². The average Bonchev–Trinajstić information content (AvgIpc) is 2.73. The summed E-state index contributed by atoms with van der Waals surface area (Å²) in [5, 5.41) is 3.21. The first-order valence-corrected chi connectivity index (χ1v) is 10.4. The summed E-state index contributed by atoms with van der Waals surface area (Å²) in [6, 6.07) is 14.1. The second-order valence-electron chi connectivity index (χ2n) is 7.86. The van der Waals surface area contributed by atoms with E-state index in [-0.39, 0.29) is 11.8 Å². The summed E-state index contributed by atoms with van der Waals surface area (Å²) in [7, 11) is 0. The second kappa shape index (κ2) is 8.36. The molecule has 2 aliphatic rings. The maximum atomic E-state index is 13.0. The van der Waals surface area contributed by atoms with Crippen LogP contribution in [0.4, 0.5) is 5.69 Å². The first-order valence-electron chi connectivity index (χ1n) is 10.1. The molecule has 1 saturated carbocycles. The molecule has 1 saturated heterocycles. The highest BCUT2D eigenvalue weighted by Gasteiger charge is 2.33. The number of carbonyl (C=O) groups excluding carboxylic acids is 2. The predicted octanol–water partition coefficient (Wildman–Crippen LogP) is 5.24. The third-order valence-corrected chi connectivity index (χ3v) is 6.38. The largest absolute Gasteiger partial charge is 0.338 e. The Morgan fingerprint density at radius 2 is 1.71 bits per heavy atom. The van der Waals surface area contributed by atoms with Crippen LogP contribution < -0.4 is 5.32 Å². The number of anilines is 1. The van der Waals surface area contributed by atoms with Crippen molar-refractivity contribution in [3.05, 3.63) is 64.7 Å². The van der Waals surface area contributed by atoms with E-state index in [9.17, 15) is 9.59 Å². The zero-order chi connectivity index (χ0) is 19.5. The van der Waals surface area contributed by atoms with Crippen LogP contribution in [0.5, 0.6) is 0 Å². The lowest BCUT2D eigenvalue weighted by Crippen LogP contribution is -2.44. The number of piperidine rings is 1. The molecule has 2 fully saturated rings. The van der Waals surface area contributed by atoms with Crippen molar-refractivity contribution in [2.75, 3.05) is 18.4 Å². The maximum absolute atomic E-state index is 13.0. The lowest BCUT2D eigenvalue weighted by molar-refractivity contribution is 0.0521. The molecule has 0 aromatic heterocycles. The van der Waals surface area contributed by atoms with Crippen molar-refractivity contribution in [2.24, 2.45) is 11.8 Å². The highest BCUT2D eigenvalue weighted by atomic mass is 35.5. The lowest BCUT2D eigenvalue weighted by Gasteiger charge is -2.41. The Morgan fingerprint density at radius 1 is 0.964 bits per heavy atom. The summed E-state index contributed by atoms with van der Waals surface area (Å²) < 4.78 is 0. The Morgan fingerprint density at radius 3 is 2.46 bits per heavy atom. The van der Waals surface area contributed by atoms with Crippen LogP contribution in [-0.4, -0.2) is 29.8 Å². The fraction of sp³-hybridized carbons (Fsp3) is 0.391. The molecule has 2 aromatic rings. The molecule has 1 aliphatic heterocycles. The van der Waals surface area contributed by atoms with Gasteiger partial charge in [-0.1, -0.05) is 49.1 Å². The Labute approximate surface area is 170 Å². The molecule has 1 N–H and O–H groups in total. The van der Waals surface area contributed by atoms with Crippen LogP contribution in [0.3, 0.4) is 0 Å². The SMILES string of the molecule is O=C(Nc1ccc(C(=O)N2CC[C@@H]3CCCC[C@@H]3C2)c(Cl)c1)c1ccccc1. The molecule has 4 nitrogen and oxygen atoms in total. The molecule has 5 heteroatoms. The van der Waals surface area contributed by atoms with Crippen LogP contribution >= 0.6 is 11.6 Å². The van der Waals surface area contributed by atoms with Crippen LogP contribution in [0.1, 0.15) is 52.8 Å². The van der Waals surface area contributed by atoms with Crippen molar-refractivity contribution in [3.63, 3.8) is 0 Å². The first-order chi connectivity index (χ1) is 13.6. The number of rotatable bonds is 3. The van der Waals surface area contributed by atoms with Gasteiger partial charge in [0.2, 0.25) is 0 Å². The molecule has 1 heterocycles. The molecule has 0 radical (unpaired) electrons. The number of halogens is 1. The summed E-state index contributed by atoms with van der Waals surface area (Å²) in [5.41, 5.74) is 1.67. The smallest absolute Gasteiger partial charge is 0.255 e. The van der Waals surface area contributed by atoms with Crippen LogP contribution in [0.25, 0.3) is 0 Å².